The molecule has 5 nitrogen and oxygen atoms in total. The van der Waals surface area contributed by atoms with Crippen molar-refractivity contribution in [2.75, 3.05) is 25.6 Å². The molecule has 0 aliphatic rings. The van der Waals surface area contributed by atoms with Gasteiger partial charge in [-0.15, -0.1) is 0 Å². The van der Waals surface area contributed by atoms with E-state index >= 15 is 0 Å². The van der Waals surface area contributed by atoms with Crippen LogP contribution in [0.1, 0.15) is 26.7 Å². The Balaban J connectivity index is 2.57. The van der Waals surface area contributed by atoms with Gasteiger partial charge in [-0.3, -0.25) is 0 Å². The molecular formula is C12H21N3O2. The molecule has 0 saturated carbocycles. The summed E-state index contributed by atoms with van der Waals surface area (Å²) in [5.41, 5.74) is 0. The van der Waals surface area contributed by atoms with Gasteiger partial charge in [-0.25, -0.2) is 4.98 Å². The Bertz CT molecular complexity index is 320. The smallest absolute Gasteiger partial charge is 0.226 e. The highest BCUT2D eigenvalue weighted by atomic mass is 16.5. The van der Waals surface area contributed by atoms with Gasteiger partial charge in [0.1, 0.15) is 0 Å². The molecule has 0 saturated heterocycles. The van der Waals surface area contributed by atoms with Crippen LogP contribution in [0.4, 0.5) is 5.95 Å². The molecule has 0 aliphatic carbocycles. The molecule has 1 N–H and O–H groups in total. The van der Waals surface area contributed by atoms with E-state index in [9.17, 15) is 0 Å². The third-order valence-corrected chi connectivity index (χ3v) is 2.28. The molecule has 0 fully saturated rings. The fraction of sp³-hybridized carbons (Fsp3) is 0.667. The second-order valence-electron chi connectivity index (χ2n) is 3.77. The fourth-order valence-corrected chi connectivity index (χ4v) is 1.34. The lowest BCUT2D eigenvalue weighted by molar-refractivity contribution is 0.184. The van der Waals surface area contributed by atoms with E-state index in [4.69, 9.17) is 9.47 Å². The molecule has 1 unspecified atom stereocenters. The van der Waals surface area contributed by atoms with E-state index in [2.05, 4.69) is 29.1 Å². The lowest BCUT2D eigenvalue weighted by Gasteiger charge is -2.15. The summed E-state index contributed by atoms with van der Waals surface area (Å²) in [5, 5.41) is 3.22. The Hall–Kier alpha value is -1.36. The van der Waals surface area contributed by atoms with Gasteiger partial charge < -0.3 is 14.8 Å². The summed E-state index contributed by atoms with van der Waals surface area (Å²) >= 11 is 0. The molecule has 1 heterocycles. The second-order valence-corrected chi connectivity index (χ2v) is 3.77. The number of rotatable bonds is 8. The van der Waals surface area contributed by atoms with E-state index in [1.54, 1.807) is 19.4 Å². The van der Waals surface area contributed by atoms with Crippen LogP contribution in [0, 0.1) is 0 Å². The zero-order valence-electron chi connectivity index (χ0n) is 10.8. The van der Waals surface area contributed by atoms with Crippen LogP contribution >= 0.6 is 0 Å². The van der Waals surface area contributed by atoms with Crippen LogP contribution < -0.4 is 10.1 Å². The molecular weight excluding hydrogens is 218 g/mol. The van der Waals surface area contributed by atoms with Crippen molar-refractivity contribution < 1.29 is 9.47 Å². The van der Waals surface area contributed by atoms with Gasteiger partial charge in [0.25, 0.3) is 0 Å². The third kappa shape index (κ3) is 4.99. The summed E-state index contributed by atoms with van der Waals surface area (Å²) in [7, 11) is 1.69. The number of hydrogen-bond acceptors (Lipinski definition) is 5. The van der Waals surface area contributed by atoms with Gasteiger partial charge in [0.2, 0.25) is 11.8 Å². The average Bonchev–Trinajstić information content (AvgIpc) is 2.36. The fourth-order valence-electron chi connectivity index (χ4n) is 1.34. The summed E-state index contributed by atoms with van der Waals surface area (Å²) in [4.78, 5) is 8.44. The highest BCUT2D eigenvalue weighted by molar-refractivity contribution is 5.28. The molecule has 1 aromatic rings. The second kappa shape index (κ2) is 7.84. The Kier molecular flexibility index (Phi) is 6.32. The highest BCUT2D eigenvalue weighted by Gasteiger charge is 2.07. The Morgan fingerprint density at radius 2 is 2.24 bits per heavy atom. The molecule has 5 heteroatoms. The zero-order valence-corrected chi connectivity index (χ0v) is 10.8. The monoisotopic (exact) mass is 239 g/mol. The van der Waals surface area contributed by atoms with E-state index in [0.29, 0.717) is 25.0 Å². The quantitative estimate of drug-likeness (QED) is 0.753. The molecule has 0 amide bonds. The highest BCUT2D eigenvalue weighted by Crippen LogP contribution is 2.10. The van der Waals surface area contributed by atoms with Crippen molar-refractivity contribution in [1.82, 2.24) is 9.97 Å². The van der Waals surface area contributed by atoms with E-state index < -0.39 is 0 Å². The maximum atomic E-state index is 5.45. The number of nitrogens with zero attached hydrogens (tertiary/aromatic N) is 2. The first-order valence-electron chi connectivity index (χ1n) is 6.01. The first-order valence-corrected chi connectivity index (χ1v) is 6.01. The van der Waals surface area contributed by atoms with E-state index in [1.165, 1.54) is 0 Å². The number of anilines is 1. The number of nitrogens with one attached hydrogen (secondary N) is 1. The molecule has 0 spiro atoms. The van der Waals surface area contributed by atoms with Gasteiger partial charge in [0.15, 0.2) is 0 Å². The van der Waals surface area contributed by atoms with E-state index in [1.807, 2.05) is 0 Å². The molecule has 0 aromatic carbocycles. The van der Waals surface area contributed by atoms with Crippen LogP contribution in [-0.4, -0.2) is 36.3 Å². The minimum atomic E-state index is 0.224. The molecule has 96 valence electrons. The van der Waals surface area contributed by atoms with Crippen LogP contribution in [-0.2, 0) is 4.74 Å². The first-order chi connectivity index (χ1) is 8.30. The van der Waals surface area contributed by atoms with Gasteiger partial charge in [-0.05, 0) is 12.8 Å². The molecule has 0 aliphatic heterocycles. The predicted octanol–water partition coefficient (Wildman–Crippen LogP) is 2.10. The maximum Gasteiger partial charge on any atom is 0.226 e. The molecule has 1 rings (SSSR count). The largest absolute Gasteiger partial charge is 0.478 e. The van der Waals surface area contributed by atoms with Crippen LogP contribution in [0.5, 0.6) is 5.88 Å². The molecule has 17 heavy (non-hydrogen) atoms. The standard InChI is InChI=1S/C12H21N3O2/c1-4-8-17-11-6-7-13-12(15-11)14-10(5-2)9-16-3/h6-7,10H,4-5,8-9H2,1-3H3,(H,13,14,15). The lowest BCUT2D eigenvalue weighted by atomic mass is 10.2. The SMILES string of the molecule is CCCOc1ccnc(NC(CC)COC)n1. The van der Waals surface area contributed by atoms with Crippen molar-refractivity contribution in [2.45, 2.75) is 32.7 Å². The zero-order chi connectivity index (χ0) is 12.5. The van der Waals surface area contributed by atoms with Crippen molar-refractivity contribution >= 4 is 5.95 Å². The number of aromatic nitrogens is 2. The normalized spacial score (nSPS) is 12.2. The minimum Gasteiger partial charge on any atom is -0.478 e. The summed E-state index contributed by atoms with van der Waals surface area (Å²) in [6.45, 7) is 5.46. The Morgan fingerprint density at radius 3 is 2.88 bits per heavy atom. The van der Waals surface area contributed by atoms with Gasteiger partial charge >= 0.3 is 0 Å². The van der Waals surface area contributed by atoms with Gasteiger partial charge in [0.05, 0.1) is 19.3 Å². The first kappa shape index (κ1) is 13.7. The van der Waals surface area contributed by atoms with Crippen LogP contribution in [0.3, 0.4) is 0 Å². The summed E-state index contributed by atoms with van der Waals surface area (Å²) < 4.78 is 10.6. The van der Waals surface area contributed by atoms with Crippen molar-refractivity contribution in [2.24, 2.45) is 0 Å². The maximum absolute atomic E-state index is 5.45. The minimum absolute atomic E-state index is 0.224. The molecule has 0 bridgehead atoms. The van der Waals surface area contributed by atoms with Crippen LogP contribution in [0.15, 0.2) is 12.3 Å². The average molecular weight is 239 g/mol. The Morgan fingerprint density at radius 1 is 1.41 bits per heavy atom. The van der Waals surface area contributed by atoms with Crippen molar-refractivity contribution in [1.29, 1.82) is 0 Å². The lowest BCUT2D eigenvalue weighted by Crippen LogP contribution is -2.25. The topological polar surface area (TPSA) is 56.3 Å². The van der Waals surface area contributed by atoms with E-state index in [-0.39, 0.29) is 6.04 Å². The number of methoxy groups -OCH3 is 1. The van der Waals surface area contributed by atoms with Crippen molar-refractivity contribution in [3.8, 4) is 5.88 Å². The van der Waals surface area contributed by atoms with Gasteiger partial charge in [-0.2, -0.15) is 4.98 Å². The molecule has 1 atom stereocenters. The van der Waals surface area contributed by atoms with Crippen molar-refractivity contribution in [3.63, 3.8) is 0 Å². The summed E-state index contributed by atoms with van der Waals surface area (Å²) in [6, 6.07) is 1.99. The Labute approximate surface area is 103 Å². The van der Waals surface area contributed by atoms with E-state index in [0.717, 1.165) is 12.8 Å². The number of hydrogen-bond donors (Lipinski definition) is 1. The number of ether oxygens (including phenoxy) is 2. The summed E-state index contributed by atoms with van der Waals surface area (Å²) in [6.07, 6.45) is 3.62. The third-order valence-electron chi connectivity index (χ3n) is 2.28. The predicted molar refractivity (Wildman–Crippen MR) is 67.4 cm³/mol. The molecule has 0 radical (unpaired) electrons. The molecule has 1 aromatic heterocycles. The van der Waals surface area contributed by atoms with Gasteiger partial charge in [-0.1, -0.05) is 13.8 Å². The van der Waals surface area contributed by atoms with Crippen LogP contribution in [0.2, 0.25) is 0 Å². The van der Waals surface area contributed by atoms with Gasteiger partial charge in [0, 0.05) is 19.4 Å². The summed E-state index contributed by atoms with van der Waals surface area (Å²) in [5.74, 6) is 1.19. The van der Waals surface area contributed by atoms with Crippen molar-refractivity contribution in [3.05, 3.63) is 12.3 Å². The van der Waals surface area contributed by atoms with Crippen LogP contribution in [0.25, 0.3) is 0 Å².